The van der Waals surface area contributed by atoms with Crippen molar-refractivity contribution < 1.29 is 25.8 Å². The van der Waals surface area contributed by atoms with E-state index in [0.717, 1.165) is 44.7 Å². The minimum atomic E-state index is -0.0119. The zero-order valence-electron chi connectivity index (χ0n) is 33.6. The average molecular weight is 925 g/mol. The van der Waals surface area contributed by atoms with Crippen molar-refractivity contribution in [2.45, 2.75) is 60.8 Å². The van der Waals surface area contributed by atoms with E-state index in [0.29, 0.717) is 11.5 Å². The third-order valence-corrected chi connectivity index (χ3v) is 11.0. The number of para-hydroxylation sites is 3. The predicted octanol–water partition coefficient (Wildman–Crippen LogP) is 13.5. The van der Waals surface area contributed by atoms with E-state index >= 15 is 0 Å². The van der Waals surface area contributed by atoms with Crippen molar-refractivity contribution in [3.63, 3.8) is 0 Å². The van der Waals surface area contributed by atoms with Crippen molar-refractivity contribution in [3.8, 4) is 28.4 Å². The number of hydrogen-bond donors (Lipinski definition) is 0. The van der Waals surface area contributed by atoms with Gasteiger partial charge in [0.25, 0.3) is 0 Å². The molecule has 0 N–H and O–H groups in total. The fourth-order valence-electron chi connectivity index (χ4n) is 8.53. The van der Waals surface area contributed by atoms with Gasteiger partial charge in [-0.1, -0.05) is 74.3 Å². The molecular weight excluding hydrogens is 880 g/mol. The van der Waals surface area contributed by atoms with E-state index in [9.17, 15) is 0 Å². The molecule has 0 fully saturated rings. The first kappa shape index (κ1) is 38.2. The Morgan fingerprint density at radius 2 is 1.30 bits per heavy atom. The van der Waals surface area contributed by atoms with E-state index in [2.05, 4.69) is 186 Å². The number of fused-ring (bicyclic) bond motifs is 4. The van der Waals surface area contributed by atoms with Crippen LogP contribution in [0.2, 0.25) is 0 Å². The minimum Gasteiger partial charge on any atom is -0.509 e. The molecule has 0 atom stereocenters. The van der Waals surface area contributed by atoms with Gasteiger partial charge in [0.15, 0.2) is 0 Å². The molecule has 57 heavy (non-hydrogen) atoms. The topological polar surface area (TPSA) is 33.5 Å². The quantitative estimate of drug-likeness (QED) is 0.156. The molecule has 0 saturated carbocycles. The first-order valence-corrected chi connectivity index (χ1v) is 19.3. The summed E-state index contributed by atoms with van der Waals surface area (Å²) in [5, 5.41) is 2.25. The van der Waals surface area contributed by atoms with Crippen LogP contribution in [0.25, 0.3) is 38.8 Å². The number of pyridine rings is 1. The summed E-state index contributed by atoms with van der Waals surface area (Å²) < 4.78 is 8.76. The molecule has 0 amide bonds. The van der Waals surface area contributed by atoms with Crippen molar-refractivity contribution in [3.05, 3.63) is 174 Å². The first-order valence-electron chi connectivity index (χ1n) is 19.3. The number of ether oxygens (including phenoxy) is 1. The molecule has 5 nitrogen and oxygen atoms in total. The van der Waals surface area contributed by atoms with Gasteiger partial charge in [-0.05, 0) is 127 Å². The molecule has 1 aliphatic rings. The monoisotopic (exact) mass is 924 g/mol. The van der Waals surface area contributed by atoms with Gasteiger partial charge in [-0.3, -0.25) is 0 Å². The summed E-state index contributed by atoms with van der Waals surface area (Å²) >= 11 is 0. The van der Waals surface area contributed by atoms with Crippen molar-refractivity contribution in [2.24, 2.45) is 0 Å². The molecule has 0 unspecified atom stereocenters. The Kier molecular flexibility index (Phi) is 9.86. The Morgan fingerprint density at radius 3 is 2.02 bits per heavy atom. The van der Waals surface area contributed by atoms with Gasteiger partial charge in [0.1, 0.15) is 5.82 Å². The maximum absolute atomic E-state index is 6.57. The van der Waals surface area contributed by atoms with Crippen LogP contribution in [0, 0.1) is 53.4 Å². The molecule has 1 aliphatic heterocycles. The second kappa shape index (κ2) is 14.7. The summed E-state index contributed by atoms with van der Waals surface area (Å²) in [7, 11) is 0. The summed E-state index contributed by atoms with van der Waals surface area (Å²) in [6.07, 6.45) is 1.90. The number of aromatic nitrogens is 2. The second-order valence-electron chi connectivity index (χ2n) is 16.2. The van der Waals surface area contributed by atoms with Crippen LogP contribution in [0.3, 0.4) is 0 Å². The van der Waals surface area contributed by atoms with Gasteiger partial charge in [0, 0.05) is 61.3 Å². The third kappa shape index (κ3) is 6.82. The Bertz CT molecular complexity index is 2780. The molecule has 0 radical (unpaired) electrons. The van der Waals surface area contributed by atoms with Gasteiger partial charge < -0.3 is 19.1 Å². The average Bonchev–Trinajstić information content (AvgIpc) is 3.70. The van der Waals surface area contributed by atoms with E-state index in [4.69, 9.17) is 9.72 Å². The summed E-state index contributed by atoms with van der Waals surface area (Å²) in [6, 6.07) is 47.8. The van der Waals surface area contributed by atoms with Crippen LogP contribution in [0.1, 0.15) is 54.2 Å². The van der Waals surface area contributed by atoms with E-state index in [1.54, 1.807) is 0 Å². The van der Waals surface area contributed by atoms with Crippen LogP contribution >= 0.6 is 0 Å². The maximum atomic E-state index is 6.57. The van der Waals surface area contributed by atoms with Gasteiger partial charge >= 0.3 is 0 Å². The normalized spacial score (nSPS) is 12.6. The van der Waals surface area contributed by atoms with Crippen LogP contribution in [0.15, 0.2) is 121 Å². The van der Waals surface area contributed by atoms with Crippen LogP contribution < -0.4 is 14.5 Å². The van der Waals surface area contributed by atoms with Crippen LogP contribution in [-0.2, 0) is 26.5 Å². The van der Waals surface area contributed by atoms with E-state index in [1.807, 2.05) is 24.4 Å². The van der Waals surface area contributed by atoms with Crippen molar-refractivity contribution in [2.75, 3.05) is 9.80 Å². The summed E-state index contributed by atoms with van der Waals surface area (Å²) in [6.45, 7) is 19.9. The summed E-state index contributed by atoms with van der Waals surface area (Å²) in [5.41, 5.74) is 16.4. The van der Waals surface area contributed by atoms with Gasteiger partial charge in [-0.25, -0.2) is 4.98 Å². The fraction of sp³-hybridized carbons (Fsp3) is 0.176. The zero-order valence-corrected chi connectivity index (χ0v) is 35.9. The van der Waals surface area contributed by atoms with Crippen molar-refractivity contribution in [1.82, 2.24) is 9.55 Å². The third-order valence-electron chi connectivity index (χ3n) is 11.0. The zero-order chi connectivity index (χ0) is 38.9. The van der Waals surface area contributed by atoms with Gasteiger partial charge in [0.05, 0.1) is 0 Å². The minimum absolute atomic E-state index is 0. The molecular formula is C51H45N4OPt-3. The Morgan fingerprint density at radius 1 is 0.632 bits per heavy atom. The summed E-state index contributed by atoms with van der Waals surface area (Å²) in [5.74, 6) is 2.08. The molecule has 3 heterocycles. The first-order chi connectivity index (χ1) is 26.9. The molecule has 0 bridgehead atoms. The van der Waals surface area contributed by atoms with Gasteiger partial charge in [0.2, 0.25) is 0 Å². The molecule has 8 aromatic rings. The smallest absolute Gasteiger partial charge is 0.135 e. The number of aryl methyl sites for hydroxylation is 5. The SMILES string of the molecule is Cc1cc(C)c(-c2cc(C)c(N3[CH-]N(c4[c-]c(Oc5[c-]c6c(cc5)c5ccccc5n6-c5cc(C(C)(C)C)ccn5)ccc4)c4ccccc43)c(C)c2)c(C)c1.[Pt]. The largest absolute Gasteiger partial charge is 0.509 e. The molecule has 9 rings (SSSR count). The number of rotatable bonds is 6. The van der Waals surface area contributed by atoms with Crippen molar-refractivity contribution in [1.29, 1.82) is 0 Å². The second-order valence-corrected chi connectivity index (χ2v) is 16.2. The Balaban J connectivity index is 0.00000455. The van der Waals surface area contributed by atoms with Crippen LogP contribution in [0.5, 0.6) is 11.5 Å². The van der Waals surface area contributed by atoms with Gasteiger partial charge in [-0.15, -0.1) is 48.1 Å². The molecule has 0 aliphatic carbocycles. The maximum Gasteiger partial charge on any atom is 0.135 e. The van der Waals surface area contributed by atoms with Gasteiger partial charge in [-0.2, -0.15) is 12.1 Å². The fourth-order valence-corrected chi connectivity index (χ4v) is 8.53. The standard InChI is InChI=1S/C51H45N4O.Pt/c1-32-24-33(2)49(34(3)25-32)37-26-35(4)50(36(5)27-37)54-31-53(45-18-11-12-19-46(45)54)39-14-13-15-40(29-39)56-41-20-21-43-42-16-9-10-17-44(42)55(47(43)30-41)48-28-38(22-23-52-48)51(6,7)8;/h9-28,31H,1-8H3;/q-3;. The molecule has 2 aromatic heterocycles. The molecule has 0 spiro atoms. The van der Waals surface area contributed by atoms with Crippen molar-refractivity contribution >= 4 is 44.6 Å². The number of anilines is 4. The van der Waals surface area contributed by atoms with Crippen LogP contribution in [-0.4, -0.2) is 9.55 Å². The predicted molar refractivity (Wildman–Crippen MR) is 232 cm³/mol. The summed E-state index contributed by atoms with van der Waals surface area (Å²) in [4.78, 5) is 9.34. The Labute approximate surface area is 350 Å². The van der Waals surface area contributed by atoms with Crippen LogP contribution in [0.4, 0.5) is 22.7 Å². The van der Waals surface area contributed by atoms with E-state index in [1.165, 1.54) is 50.2 Å². The number of benzene rings is 6. The molecule has 6 heteroatoms. The number of hydrogen-bond acceptors (Lipinski definition) is 4. The number of nitrogens with zero attached hydrogens (tertiary/aromatic N) is 4. The molecule has 288 valence electrons. The van der Waals surface area contributed by atoms with E-state index in [-0.39, 0.29) is 26.5 Å². The Hall–Kier alpha value is -5.64. The van der Waals surface area contributed by atoms with E-state index < -0.39 is 0 Å². The molecule has 0 saturated heterocycles. The molecule has 6 aromatic carbocycles.